The highest BCUT2D eigenvalue weighted by Gasteiger charge is 2.20. The Morgan fingerprint density at radius 1 is 1.26 bits per heavy atom. The van der Waals surface area contributed by atoms with Crippen LogP contribution in [-0.4, -0.2) is 17.6 Å². The molecule has 0 bridgehead atoms. The summed E-state index contributed by atoms with van der Waals surface area (Å²) in [5.41, 5.74) is 2.62. The number of esters is 1. The zero-order valence-corrected chi connectivity index (χ0v) is 13.9. The summed E-state index contributed by atoms with van der Waals surface area (Å²) < 4.78 is 11.0. The van der Waals surface area contributed by atoms with E-state index in [4.69, 9.17) is 9.15 Å². The number of benzene rings is 1. The van der Waals surface area contributed by atoms with Crippen LogP contribution in [0.2, 0.25) is 0 Å². The van der Waals surface area contributed by atoms with E-state index in [-0.39, 0.29) is 12.4 Å². The molecule has 2 heterocycles. The van der Waals surface area contributed by atoms with Gasteiger partial charge in [0.1, 0.15) is 0 Å². The summed E-state index contributed by atoms with van der Waals surface area (Å²) in [5.74, 6) is 0.882. The molecule has 118 valence electrons. The Bertz CT molecular complexity index is 806. The van der Waals surface area contributed by atoms with Crippen LogP contribution in [0.1, 0.15) is 18.2 Å². The number of ether oxygens (including phenoxy) is 1. The predicted octanol–water partition coefficient (Wildman–Crippen LogP) is 4.48. The van der Waals surface area contributed by atoms with Gasteiger partial charge >= 0.3 is 5.97 Å². The highest BCUT2D eigenvalue weighted by molar-refractivity contribution is 7.13. The first-order chi connectivity index (χ1) is 11.2. The van der Waals surface area contributed by atoms with Gasteiger partial charge in [0.2, 0.25) is 5.89 Å². The molecule has 0 amide bonds. The summed E-state index contributed by atoms with van der Waals surface area (Å²) >= 11 is 1.56. The second-order valence-corrected chi connectivity index (χ2v) is 6.02. The van der Waals surface area contributed by atoms with Crippen LogP contribution < -0.4 is 0 Å². The summed E-state index contributed by atoms with van der Waals surface area (Å²) in [6, 6.07) is 11.8. The molecule has 4 nitrogen and oxygen atoms in total. The summed E-state index contributed by atoms with van der Waals surface area (Å²) in [4.78, 5) is 17.4. The fraction of sp³-hybridized carbons (Fsp3) is 0.222. The highest BCUT2D eigenvalue weighted by Crippen LogP contribution is 2.33. The van der Waals surface area contributed by atoms with Crippen molar-refractivity contribution < 1.29 is 13.9 Å². The van der Waals surface area contributed by atoms with E-state index in [1.807, 2.05) is 48.7 Å². The van der Waals surface area contributed by atoms with Gasteiger partial charge in [-0.3, -0.25) is 4.79 Å². The van der Waals surface area contributed by atoms with Crippen molar-refractivity contribution in [2.75, 3.05) is 6.61 Å². The quantitative estimate of drug-likeness (QED) is 0.648. The molecular formula is C18H17NO3S. The van der Waals surface area contributed by atoms with E-state index in [9.17, 15) is 4.79 Å². The first-order valence-electron chi connectivity index (χ1n) is 7.44. The molecule has 2 aromatic heterocycles. The standard InChI is InChI=1S/C18H17NO3S/c1-3-21-16(20)11-14-17(15-9-6-10-23-15)22-18(19-14)13-8-5-4-7-12(13)2/h4-10H,3,11H2,1-2H3. The van der Waals surface area contributed by atoms with E-state index >= 15 is 0 Å². The fourth-order valence-corrected chi connectivity index (χ4v) is 3.08. The Kier molecular flexibility index (Phi) is 4.57. The maximum absolute atomic E-state index is 11.8. The third-order valence-corrected chi connectivity index (χ3v) is 4.30. The largest absolute Gasteiger partial charge is 0.466 e. The SMILES string of the molecule is CCOC(=O)Cc1nc(-c2ccccc2C)oc1-c1cccs1. The fourth-order valence-electron chi connectivity index (χ4n) is 2.35. The Morgan fingerprint density at radius 2 is 2.09 bits per heavy atom. The predicted molar refractivity (Wildman–Crippen MR) is 90.3 cm³/mol. The second-order valence-electron chi connectivity index (χ2n) is 5.07. The molecular weight excluding hydrogens is 310 g/mol. The van der Waals surface area contributed by atoms with Crippen molar-refractivity contribution in [3.05, 3.63) is 53.0 Å². The summed E-state index contributed by atoms with van der Waals surface area (Å²) in [6.07, 6.45) is 0.108. The van der Waals surface area contributed by atoms with Crippen LogP contribution in [0.5, 0.6) is 0 Å². The van der Waals surface area contributed by atoms with Crippen molar-refractivity contribution in [2.24, 2.45) is 0 Å². The smallest absolute Gasteiger partial charge is 0.312 e. The number of hydrogen-bond donors (Lipinski definition) is 0. The van der Waals surface area contributed by atoms with Crippen molar-refractivity contribution in [1.82, 2.24) is 4.98 Å². The average molecular weight is 327 g/mol. The van der Waals surface area contributed by atoms with Gasteiger partial charge < -0.3 is 9.15 Å². The molecule has 0 radical (unpaired) electrons. The number of carbonyl (C=O) groups excluding carboxylic acids is 1. The lowest BCUT2D eigenvalue weighted by atomic mass is 10.1. The third kappa shape index (κ3) is 3.35. The van der Waals surface area contributed by atoms with Crippen molar-refractivity contribution in [1.29, 1.82) is 0 Å². The molecule has 0 unspecified atom stereocenters. The first kappa shape index (κ1) is 15.5. The molecule has 0 spiro atoms. The molecule has 3 rings (SSSR count). The van der Waals surface area contributed by atoms with Crippen LogP contribution in [0.3, 0.4) is 0 Å². The zero-order chi connectivity index (χ0) is 16.2. The number of hydrogen-bond acceptors (Lipinski definition) is 5. The van der Waals surface area contributed by atoms with Gasteiger partial charge in [-0.05, 0) is 36.9 Å². The Hall–Kier alpha value is -2.40. The molecule has 0 saturated carbocycles. The van der Waals surface area contributed by atoms with Gasteiger partial charge in [-0.2, -0.15) is 0 Å². The lowest BCUT2D eigenvalue weighted by molar-refractivity contribution is -0.142. The molecule has 0 saturated heterocycles. The molecule has 0 atom stereocenters. The minimum Gasteiger partial charge on any atom is -0.466 e. The minimum atomic E-state index is -0.296. The molecule has 0 N–H and O–H groups in total. The summed E-state index contributed by atoms with van der Waals surface area (Å²) in [7, 11) is 0. The van der Waals surface area contributed by atoms with Crippen LogP contribution in [0.15, 0.2) is 46.2 Å². The lowest BCUT2D eigenvalue weighted by Gasteiger charge is -1.99. The van der Waals surface area contributed by atoms with E-state index in [0.29, 0.717) is 24.0 Å². The molecule has 23 heavy (non-hydrogen) atoms. The number of thiophene rings is 1. The number of nitrogens with zero attached hydrogens (tertiary/aromatic N) is 1. The highest BCUT2D eigenvalue weighted by atomic mass is 32.1. The number of aromatic nitrogens is 1. The van der Waals surface area contributed by atoms with E-state index in [2.05, 4.69) is 4.98 Å². The monoisotopic (exact) mass is 327 g/mol. The maximum Gasteiger partial charge on any atom is 0.312 e. The normalized spacial score (nSPS) is 10.7. The zero-order valence-electron chi connectivity index (χ0n) is 13.0. The topological polar surface area (TPSA) is 52.3 Å². The van der Waals surface area contributed by atoms with Gasteiger partial charge in [0, 0.05) is 5.56 Å². The third-order valence-electron chi connectivity index (χ3n) is 3.43. The first-order valence-corrected chi connectivity index (χ1v) is 8.32. The summed E-state index contributed by atoms with van der Waals surface area (Å²) in [5, 5.41) is 1.97. The van der Waals surface area contributed by atoms with Gasteiger partial charge in [-0.1, -0.05) is 24.3 Å². The van der Waals surface area contributed by atoms with Gasteiger partial charge in [0.05, 0.1) is 23.6 Å². The van der Waals surface area contributed by atoms with E-state index in [0.717, 1.165) is 16.0 Å². The van der Waals surface area contributed by atoms with Crippen molar-refractivity contribution in [3.63, 3.8) is 0 Å². The molecule has 0 aliphatic carbocycles. The Morgan fingerprint density at radius 3 is 2.78 bits per heavy atom. The molecule has 1 aromatic carbocycles. The number of rotatable bonds is 5. The minimum absolute atomic E-state index is 0.108. The summed E-state index contributed by atoms with van der Waals surface area (Å²) in [6.45, 7) is 4.16. The molecule has 5 heteroatoms. The van der Waals surface area contributed by atoms with Crippen LogP contribution in [0.25, 0.3) is 22.1 Å². The van der Waals surface area contributed by atoms with E-state index in [1.54, 1.807) is 18.3 Å². The Balaban J connectivity index is 2.03. The molecule has 0 aliphatic heterocycles. The molecule has 0 fully saturated rings. The van der Waals surface area contributed by atoms with Gasteiger partial charge in [0.25, 0.3) is 0 Å². The van der Waals surface area contributed by atoms with Gasteiger partial charge in [-0.15, -0.1) is 11.3 Å². The van der Waals surface area contributed by atoms with Crippen LogP contribution in [0, 0.1) is 6.92 Å². The number of aryl methyl sites for hydroxylation is 1. The van der Waals surface area contributed by atoms with Gasteiger partial charge in [0.15, 0.2) is 5.76 Å². The van der Waals surface area contributed by atoms with Crippen molar-refractivity contribution in [2.45, 2.75) is 20.3 Å². The van der Waals surface area contributed by atoms with Gasteiger partial charge in [-0.25, -0.2) is 4.98 Å². The van der Waals surface area contributed by atoms with Crippen LogP contribution >= 0.6 is 11.3 Å². The average Bonchev–Trinajstić information content (AvgIpc) is 3.17. The molecule has 3 aromatic rings. The Labute approximate surface area is 138 Å². The van der Waals surface area contributed by atoms with Crippen molar-refractivity contribution >= 4 is 17.3 Å². The van der Waals surface area contributed by atoms with E-state index < -0.39 is 0 Å². The number of oxazole rings is 1. The van der Waals surface area contributed by atoms with E-state index in [1.165, 1.54) is 0 Å². The van der Waals surface area contributed by atoms with Crippen LogP contribution in [0.4, 0.5) is 0 Å². The molecule has 0 aliphatic rings. The maximum atomic E-state index is 11.8. The van der Waals surface area contributed by atoms with Crippen molar-refractivity contribution in [3.8, 4) is 22.1 Å². The van der Waals surface area contributed by atoms with Crippen LogP contribution in [-0.2, 0) is 16.0 Å². The lowest BCUT2D eigenvalue weighted by Crippen LogP contribution is -2.08. The second kappa shape index (κ2) is 6.79. The number of carbonyl (C=O) groups is 1.